The van der Waals surface area contributed by atoms with Gasteiger partial charge in [-0.1, -0.05) is 0 Å². The highest BCUT2D eigenvalue weighted by molar-refractivity contribution is 7.55. The molecule has 15 heavy (non-hydrogen) atoms. The number of halogens is 5. The topological polar surface area (TPSA) is 35.5 Å². The minimum atomic E-state index is -5.26. The van der Waals surface area contributed by atoms with Gasteiger partial charge in [-0.25, -0.2) is 0 Å². The van der Waals surface area contributed by atoms with Crippen LogP contribution >= 0.6 is 19.2 Å². The van der Waals surface area contributed by atoms with Crippen LogP contribution in [-0.2, 0) is 13.6 Å². The van der Waals surface area contributed by atoms with Gasteiger partial charge in [-0.3, -0.25) is 4.57 Å². The zero-order valence-electron chi connectivity index (χ0n) is 7.98. The molecule has 0 radical (unpaired) electrons. The maximum Gasteiger partial charge on any atom is 0.422 e. The summed E-state index contributed by atoms with van der Waals surface area (Å²) in [6.45, 7) is 1.52. The van der Waals surface area contributed by atoms with E-state index in [1.54, 1.807) is 0 Å². The van der Waals surface area contributed by atoms with Gasteiger partial charge in [0.05, 0.1) is 13.2 Å². The molecule has 0 fully saturated rings. The van der Waals surface area contributed by atoms with E-state index in [1.807, 2.05) is 0 Å². The van der Waals surface area contributed by atoms with Crippen LogP contribution in [0, 0.1) is 0 Å². The van der Waals surface area contributed by atoms with Crippen molar-refractivity contribution >= 4 is 19.2 Å². The molecule has 0 unspecified atom stereocenters. The Bertz CT molecular complexity index is 245. The first-order valence-corrected chi connectivity index (χ1v) is 5.88. The minimum absolute atomic E-state index is 0.458. The molecule has 0 amide bonds. The van der Waals surface area contributed by atoms with Crippen LogP contribution in [-0.4, -0.2) is 24.3 Å². The van der Waals surface area contributed by atoms with Gasteiger partial charge in [0.15, 0.2) is 0 Å². The maximum atomic E-state index is 13.0. The summed E-state index contributed by atoms with van der Waals surface area (Å²) in [5, 5.41) is -4.99. The van der Waals surface area contributed by atoms with Crippen molar-refractivity contribution in [2.75, 3.05) is 13.2 Å². The second-order valence-corrected chi connectivity index (χ2v) is 4.92. The van der Waals surface area contributed by atoms with E-state index in [0.29, 0.717) is 0 Å². The van der Waals surface area contributed by atoms with Gasteiger partial charge in [-0.2, -0.15) is 17.6 Å². The van der Waals surface area contributed by atoms with Crippen LogP contribution in [0.15, 0.2) is 0 Å². The molecule has 0 heterocycles. The lowest BCUT2D eigenvalue weighted by Gasteiger charge is -2.27. The summed E-state index contributed by atoms with van der Waals surface area (Å²) >= 11 is 4.17. The van der Waals surface area contributed by atoms with Crippen molar-refractivity contribution in [2.45, 2.75) is 24.9 Å². The zero-order valence-corrected chi connectivity index (χ0v) is 9.63. The quantitative estimate of drug-likeness (QED) is 0.420. The molecule has 0 rings (SSSR count). The second-order valence-electron chi connectivity index (χ2n) is 2.37. The van der Waals surface area contributed by atoms with Gasteiger partial charge in [0.1, 0.15) is 0 Å². The zero-order chi connectivity index (χ0) is 12.3. The lowest BCUT2D eigenvalue weighted by atomic mass is 10.7. The van der Waals surface area contributed by atoms with E-state index >= 15 is 0 Å². The minimum Gasteiger partial charge on any atom is -0.304 e. The fourth-order valence-electron chi connectivity index (χ4n) is 0.695. The smallest absolute Gasteiger partial charge is 0.304 e. The summed E-state index contributed by atoms with van der Waals surface area (Å²) in [5.74, 6) is 0. The number of hydrogen-bond acceptors (Lipinski definition) is 3. The van der Waals surface area contributed by atoms with Crippen LogP contribution in [0.2, 0.25) is 0 Å². The van der Waals surface area contributed by atoms with E-state index in [4.69, 9.17) is 0 Å². The molecule has 0 aromatic carbocycles. The first-order chi connectivity index (χ1) is 6.62. The van der Waals surface area contributed by atoms with Crippen LogP contribution < -0.4 is 0 Å². The average Bonchev–Trinajstić information content (AvgIpc) is 2.02. The van der Waals surface area contributed by atoms with Crippen molar-refractivity contribution in [3.63, 3.8) is 0 Å². The first-order valence-electron chi connectivity index (χ1n) is 3.96. The molecular weight excluding hydrogens is 262 g/mol. The fourth-order valence-corrected chi connectivity index (χ4v) is 2.39. The fraction of sp³-hybridized carbons (Fsp3) is 1.00. The molecule has 0 saturated carbocycles. The molecule has 3 nitrogen and oxygen atoms in total. The highest BCUT2D eigenvalue weighted by atomic mass is 35.5. The van der Waals surface area contributed by atoms with E-state index < -0.39 is 31.9 Å². The van der Waals surface area contributed by atoms with Crippen molar-refractivity contribution in [1.29, 1.82) is 0 Å². The molecule has 9 heteroatoms. The molecule has 0 aromatic heterocycles. The monoisotopic (exact) mass is 272 g/mol. The van der Waals surface area contributed by atoms with Crippen molar-refractivity contribution in [1.82, 2.24) is 0 Å². The molecule has 0 spiro atoms. The average molecular weight is 273 g/mol. The van der Waals surface area contributed by atoms with Crippen LogP contribution in [0.25, 0.3) is 0 Å². The van der Waals surface area contributed by atoms with Gasteiger partial charge in [-0.05, 0) is 25.4 Å². The normalized spacial score (nSPS) is 14.3. The Morgan fingerprint density at radius 1 is 1.13 bits per heavy atom. The summed E-state index contributed by atoms with van der Waals surface area (Å²) < 4.78 is 70.0. The van der Waals surface area contributed by atoms with Crippen molar-refractivity contribution in [2.24, 2.45) is 0 Å². The highest BCUT2D eigenvalue weighted by Crippen LogP contribution is 2.67. The van der Waals surface area contributed by atoms with E-state index in [9.17, 15) is 22.1 Å². The van der Waals surface area contributed by atoms with Gasteiger partial charge in [-0.15, -0.1) is 0 Å². The Morgan fingerprint density at radius 2 is 1.47 bits per heavy atom. The second kappa shape index (κ2) is 4.99. The molecule has 0 bridgehead atoms. The lowest BCUT2D eigenvalue weighted by Crippen LogP contribution is -2.36. The van der Waals surface area contributed by atoms with Crippen LogP contribution in [0.4, 0.5) is 17.6 Å². The molecule has 0 N–H and O–H groups in total. The summed E-state index contributed by atoms with van der Waals surface area (Å²) in [7, 11) is -5.26. The molecule has 0 saturated heterocycles. The standard InChI is InChI=1S/C6H10ClF4O3P/c1-3-13-15(12,14-4-2)6(10,11)5(7,8)9/h3-4H2,1-2H3. The summed E-state index contributed by atoms with van der Waals surface area (Å²) in [6, 6.07) is 0. The Balaban J connectivity index is 5.16. The van der Waals surface area contributed by atoms with Crippen LogP contribution in [0.3, 0.4) is 0 Å². The molecule has 0 aliphatic rings. The number of rotatable bonds is 6. The Morgan fingerprint density at radius 3 is 1.67 bits per heavy atom. The Labute approximate surface area is 89.2 Å². The van der Waals surface area contributed by atoms with E-state index in [1.165, 1.54) is 13.8 Å². The number of alkyl halides is 5. The lowest BCUT2D eigenvalue weighted by molar-refractivity contribution is -0.115. The molecule has 0 aromatic rings. The van der Waals surface area contributed by atoms with Gasteiger partial charge < -0.3 is 9.05 Å². The highest BCUT2D eigenvalue weighted by Gasteiger charge is 2.69. The third-order valence-corrected chi connectivity index (χ3v) is 3.82. The summed E-state index contributed by atoms with van der Waals surface area (Å²) in [6.07, 6.45) is 0. The van der Waals surface area contributed by atoms with Gasteiger partial charge in [0, 0.05) is 0 Å². The Hall–Kier alpha value is 0.160. The van der Waals surface area contributed by atoms with E-state index in [0.717, 1.165) is 0 Å². The summed E-state index contributed by atoms with van der Waals surface area (Å²) in [5.41, 5.74) is -5.06. The van der Waals surface area contributed by atoms with E-state index in [-0.39, 0.29) is 0 Å². The maximum absolute atomic E-state index is 13.0. The predicted octanol–water partition coefficient (Wildman–Crippen LogP) is 3.68. The third kappa shape index (κ3) is 3.06. The third-order valence-electron chi connectivity index (χ3n) is 1.28. The van der Waals surface area contributed by atoms with Crippen molar-refractivity contribution in [3.8, 4) is 0 Å². The molecule has 0 atom stereocenters. The SMILES string of the molecule is CCOP(=O)(OCC)C(F)(F)C(F)(F)Cl. The molecule has 92 valence electrons. The largest absolute Gasteiger partial charge is 0.422 e. The summed E-state index contributed by atoms with van der Waals surface area (Å²) in [4.78, 5) is 0. The Kier molecular flexibility index (Phi) is 5.05. The van der Waals surface area contributed by atoms with Crippen molar-refractivity contribution in [3.05, 3.63) is 0 Å². The van der Waals surface area contributed by atoms with Crippen LogP contribution in [0.5, 0.6) is 0 Å². The van der Waals surface area contributed by atoms with E-state index in [2.05, 4.69) is 20.6 Å². The number of hydrogen-bond donors (Lipinski definition) is 0. The predicted molar refractivity (Wildman–Crippen MR) is 46.6 cm³/mol. The van der Waals surface area contributed by atoms with Gasteiger partial charge >= 0.3 is 18.6 Å². The first kappa shape index (κ1) is 15.2. The molecule has 0 aliphatic carbocycles. The van der Waals surface area contributed by atoms with Gasteiger partial charge in [0.2, 0.25) is 0 Å². The molecule has 0 aliphatic heterocycles. The van der Waals surface area contributed by atoms with Crippen LogP contribution in [0.1, 0.15) is 13.8 Å². The van der Waals surface area contributed by atoms with Gasteiger partial charge in [0.25, 0.3) is 0 Å². The van der Waals surface area contributed by atoms with Crippen molar-refractivity contribution < 1.29 is 31.2 Å². The molecular formula is C6H10ClF4O3P.